The molecule has 0 aromatic rings. The zero-order valence-electron chi connectivity index (χ0n) is 13.0. The van der Waals surface area contributed by atoms with Crippen molar-refractivity contribution < 1.29 is 9.90 Å². The van der Waals surface area contributed by atoms with Gasteiger partial charge >= 0.3 is 6.03 Å². The topological polar surface area (TPSA) is 61.4 Å². The second kappa shape index (κ2) is 9.50. The Kier molecular flexibility index (Phi) is 8.38. The summed E-state index contributed by atoms with van der Waals surface area (Å²) in [5, 5.41) is 15.1. The van der Waals surface area contributed by atoms with Gasteiger partial charge in [-0.2, -0.15) is 11.8 Å². The summed E-state index contributed by atoms with van der Waals surface area (Å²) in [4.78, 5) is 12.0. The van der Waals surface area contributed by atoms with E-state index in [0.717, 1.165) is 30.4 Å². The molecule has 1 aliphatic rings. The Morgan fingerprint density at radius 2 is 1.95 bits per heavy atom. The quantitative estimate of drug-likeness (QED) is 0.677. The Labute approximate surface area is 127 Å². The van der Waals surface area contributed by atoms with Crippen molar-refractivity contribution in [3.8, 4) is 0 Å². The van der Waals surface area contributed by atoms with E-state index < -0.39 is 0 Å². The monoisotopic (exact) mass is 302 g/mol. The van der Waals surface area contributed by atoms with Crippen LogP contribution in [0.15, 0.2) is 0 Å². The third-order valence-electron chi connectivity index (χ3n) is 4.23. The molecule has 3 N–H and O–H groups in total. The Morgan fingerprint density at radius 1 is 1.30 bits per heavy atom. The van der Waals surface area contributed by atoms with Gasteiger partial charge < -0.3 is 15.7 Å². The highest BCUT2D eigenvalue weighted by atomic mass is 32.2. The molecule has 0 spiro atoms. The van der Waals surface area contributed by atoms with Crippen LogP contribution in [0.4, 0.5) is 4.79 Å². The van der Waals surface area contributed by atoms with Crippen molar-refractivity contribution in [2.24, 2.45) is 11.8 Å². The van der Waals surface area contributed by atoms with Crippen molar-refractivity contribution in [3.05, 3.63) is 0 Å². The van der Waals surface area contributed by atoms with Crippen LogP contribution >= 0.6 is 11.8 Å². The molecule has 0 aromatic heterocycles. The molecule has 2 amide bonds. The van der Waals surface area contributed by atoms with Crippen LogP contribution in [0.3, 0.4) is 0 Å². The SMILES string of the molecule is CSCC(CCO)NC(=O)NC1CCC(C(C)C)CC1. The number of nitrogens with one attached hydrogen (secondary N) is 2. The van der Waals surface area contributed by atoms with Gasteiger partial charge in [-0.25, -0.2) is 4.79 Å². The molecule has 0 bridgehead atoms. The Morgan fingerprint density at radius 3 is 2.45 bits per heavy atom. The smallest absolute Gasteiger partial charge is 0.315 e. The van der Waals surface area contributed by atoms with Crippen molar-refractivity contribution >= 4 is 17.8 Å². The minimum absolute atomic E-state index is 0.0574. The summed E-state index contributed by atoms with van der Waals surface area (Å²) in [5.41, 5.74) is 0. The maximum Gasteiger partial charge on any atom is 0.315 e. The first-order valence-corrected chi connectivity index (χ1v) is 9.13. The summed E-state index contributed by atoms with van der Waals surface area (Å²) in [6.07, 6.45) is 7.24. The number of hydrogen-bond acceptors (Lipinski definition) is 3. The number of rotatable bonds is 7. The first-order chi connectivity index (χ1) is 9.56. The van der Waals surface area contributed by atoms with Crippen LogP contribution in [-0.2, 0) is 0 Å². The number of carbonyl (C=O) groups excluding carboxylic acids is 1. The maximum atomic E-state index is 12.0. The van der Waals surface area contributed by atoms with Gasteiger partial charge in [0, 0.05) is 24.4 Å². The molecule has 1 saturated carbocycles. The number of aliphatic hydroxyl groups excluding tert-OH is 1. The predicted octanol–water partition coefficient (Wildman–Crippen LogP) is 2.61. The van der Waals surface area contributed by atoms with Gasteiger partial charge in [-0.3, -0.25) is 0 Å². The van der Waals surface area contributed by atoms with Gasteiger partial charge in [0.05, 0.1) is 0 Å². The highest BCUT2D eigenvalue weighted by molar-refractivity contribution is 7.98. The molecule has 1 atom stereocenters. The van der Waals surface area contributed by atoms with E-state index in [2.05, 4.69) is 24.5 Å². The third kappa shape index (κ3) is 6.35. The number of hydrogen-bond donors (Lipinski definition) is 3. The van der Waals surface area contributed by atoms with Crippen molar-refractivity contribution in [1.29, 1.82) is 0 Å². The summed E-state index contributed by atoms with van der Waals surface area (Å²) in [5.74, 6) is 2.41. The first kappa shape index (κ1) is 17.6. The predicted molar refractivity (Wildman–Crippen MR) is 86.1 cm³/mol. The molecule has 20 heavy (non-hydrogen) atoms. The zero-order valence-corrected chi connectivity index (χ0v) is 13.8. The number of thioether (sulfide) groups is 1. The van der Waals surface area contributed by atoms with Crippen molar-refractivity contribution in [3.63, 3.8) is 0 Å². The molecule has 0 heterocycles. The molecule has 1 fully saturated rings. The van der Waals surface area contributed by atoms with Crippen LogP contribution in [0, 0.1) is 11.8 Å². The lowest BCUT2D eigenvalue weighted by atomic mass is 9.80. The van der Waals surface area contributed by atoms with E-state index in [1.54, 1.807) is 11.8 Å². The van der Waals surface area contributed by atoms with Gasteiger partial charge in [-0.1, -0.05) is 13.8 Å². The van der Waals surface area contributed by atoms with E-state index in [9.17, 15) is 4.79 Å². The maximum absolute atomic E-state index is 12.0. The van der Waals surface area contributed by atoms with Crippen LogP contribution in [0.25, 0.3) is 0 Å². The van der Waals surface area contributed by atoms with Gasteiger partial charge in [0.1, 0.15) is 0 Å². The second-order valence-electron chi connectivity index (χ2n) is 6.14. The highest BCUT2D eigenvalue weighted by Crippen LogP contribution is 2.29. The molecule has 1 unspecified atom stereocenters. The van der Waals surface area contributed by atoms with E-state index in [0.29, 0.717) is 12.5 Å². The minimum atomic E-state index is -0.0782. The third-order valence-corrected chi connectivity index (χ3v) is 4.97. The molecule has 5 heteroatoms. The molecule has 118 valence electrons. The average Bonchev–Trinajstić information content (AvgIpc) is 2.39. The molecule has 0 aromatic carbocycles. The summed E-state index contributed by atoms with van der Waals surface area (Å²) in [7, 11) is 0. The Bertz CT molecular complexity index is 273. The van der Waals surface area contributed by atoms with Crippen LogP contribution in [0.5, 0.6) is 0 Å². The first-order valence-electron chi connectivity index (χ1n) is 7.73. The van der Waals surface area contributed by atoms with Crippen LogP contribution < -0.4 is 10.6 Å². The van der Waals surface area contributed by atoms with Crippen LogP contribution in [0.1, 0.15) is 46.0 Å². The molecule has 0 aliphatic heterocycles. The van der Waals surface area contributed by atoms with Gasteiger partial charge in [0.25, 0.3) is 0 Å². The summed E-state index contributed by atoms with van der Waals surface area (Å²) >= 11 is 1.69. The molecule has 1 aliphatic carbocycles. The molecular formula is C15H30N2O2S. The van der Waals surface area contributed by atoms with E-state index >= 15 is 0 Å². The summed E-state index contributed by atoms with van der Waals surface area (Å²) in [6, 6.07) is 0.293. The molecular weight excluding hydrogens is 272 g/mol. The second-order valence-corrected chi connectivity index (χ2v) is 7.05. The zero-order chi connectivity index (χ0) is 15.0. The lowest BCUT2D eigenvalue weighted by Gasteiger charge is -2.31. The summed E-state index contributed by atoms with van der Waals surface area (Å²) in [6.45, 7) is 4.69. The van der Waals surface area contributed by atoms with Gasteiger partial charge in [0.15, 0.2) is 0 Å². The van der Waals surface area contributed by atoms with Crippen molar-refractivity contribution in [2.45, 2.75) is 58.0 Å². The average molecular weight is 302 g/mol. The highest BCUT2D eigenvalue weighted by Gasteiger charge is 2.24. The number of urea groups is 1. The van der Waals surface area contributed by atoms with Crippen molar-refractivity contribution in [2.75, 3.05) is 18.6 Å². The largest absolute Gasteiger partial charge is 0.396 e. The van der Waals surface area contributed by atoms with Gasteiger partial charge in [-0.15, -0.1) is 0 Å². The van der Waals surface area contributed by atoms with Crippen molar-refractivity contribution in [1.82, 2.24) is 10.6 Å². The fourth-order valence-corrected chi connectivity index (χ4v) is 3.55. The van der Waals surface area contributed by atoms with Gasteiger partial charge in [0.2, 0.25) is 0 Å². The molecule has 4 nitrogen and oxygen atoms in total. The van der Waals surface area contributed by atoms with E-state index in [-0.39, 0.29) is 18.7 Å². The van der Waals surface area contributed by atoms with Gasteiger partial charge in [-0.05, 0) is 50.2 Å². The Balaban J connectivity index is 2.28. The molecule has 0 saturated heterocycles. The minimum Gasteiger partial charge on any atom is -0.396 e. The van der Waals surface area contributed by atoms with E-state index in [1.807, 2.05) is 6.26 Å². The lowest BCUT2D eigenvalue weighted by Crippen LogP contribution is -2.48. The van der Waals surface area contributed by atoms with Crippen LogP contribution in [0.2, 0.25) is 0 Å². The Hall–Kier alpha value is -0.420. The molecule has 1 rings (SSSR count). The fourth-order valence-electron chi connectivity index (χ4n) is 2.90. The lowest BCUT2D eigenvalue weighted by molar-refractivity contribution is 0.211. The number of amides is 2. The normalized spacial score (nSPS) is 24.4. The number of carbonyl (C=O) groups is 1. The van der Waals surface area contributed by atoms with Crippen LogP contribution in [-0.4, -0.2) is 41.8 Å². The summed E-state index contributed by atoms with van der Waals surface area (Å²) < 4.78 is 0. The molecule has 0 radical (unpaired) electrons. The fraction of sp³-hybridized carbons (Fsp3) is 0.933. The van der Waals surface area contributed by atoms with E-state index in [1.165, 1.54) is 12.8 Å². The van der Waals surface area contributed by atoms with E-state index in [4.69, 9.17) is 5.11 Å². The number of aliphatic hydroxyl groups is 1. The standard InChI is InChI=1S/C15H30N2O2S/c1-11(2)12-4-6-13(7-5-12)16-15(19)17-14(8-9-18)10-20-3/h11-14,18H,4-10H2,1-3H3,(H2,16,17,19).